The molecule has 0 saturated carbocycles. The van der Waals surface area contributed by atoms with E-state index in [1.54, 1.807) is 7.11 Å². The molecule has 0 N–H and O–H groups in total. The summed E-state index contributed by atoms with van der Waals surface area (Å²) in [5.74, 6) is 0.969. The van der Waals surface area contributed by atoms with Gasteiger partial charge in [0.25, 0.3) is 0 Å². The molecule has 0 aromatic heterocycles. The zero-order chi connectivity index (χ0) is 11.4. The van der Waals surface area contributed by atoms with Crippen molar-refractivity contribution >= 4 is 12.6 Å². The highest BCUT2D eigenvalue weighted by molar-refractivity contribution is 7.80. The molecule has 0 aliphatic heterocycles. The van der Waals surface area contributed by atoms with Gasteiger partial charge >= 0.3 is 0 Å². The van der Waals surface area contributed by atoms with Gasteiger partial charge in [0, 0.05) is 26.6 Å². The number of unbranched alkanes of at least 4 members (excludes halogenated alkanes) is 2. The molecule has 0 aromatic carbocycles. The summed E-state index contributed by atoms with van der Waals surface area (Å²) in [6.07, 6.45) is 4.20. The second-order valence-corrected chi connectivity index (χ2v) is 3.97. The van der Waals surface area contributed by atoms with Crippen LogP contribution >= 0.6 is 12.6 Å². The molecule has 0 saturated heterocycles. The van der Waals surface area contributed by atoms with Crippen LogP contribution < -0.4 is 0 Å². The molecule has 0 rings (SSSR count). The Balaban J connectivity index is 3.55. The van der Waals surface area contributed by atoms with Gasteiger partial charge in [-0.25, -0.2) is 0 Å². The average Bonchev–Trinajstić information content (AvgIpc) is 2.27. The van der Waals surface area contributed by atoms with Crippen molar-refractivity contribution in [2.75, 3.05) is 39.1 Å². The average molecular weight is 230 g/mol. The fourth-order valence-corrected chi connectivity index (χ4v) is 1.61. The molecule has 0 aliphatic rings. The highest BCUT2D eigenvalue weighted by Gasteiger charge is 2.03. The third kappa shape index (κ3) is 10.1. The predicted molar refractivity (Wildman–Crippen MR) is 66.3 cm³/mol. The Kier molecular flexibility index (Phi) is 11.6. The third-order valence-electron chi connectivity index (χ3n) is 2.28. The van der Waals surface area contributed by atoms with Gasteiger partial charge in [0.2, 0.25) is 0 Å². The molecule has 0 aromatic rings. The zero-order valence-electron chi connectivity index (χ0n) is 9.61. The van der Waals surface area contributed by atoms with E-state index in [0.717, 1.165) is 32.0 Å². The van der Waals surface area contributed by atoms with Crippen LogP contribution in [0.3, 0.4) is 0 Å². The van der Waals surface area contributed by atoms with Gasteiger partial charge in [0.05, 0.1) is 12.7 Å². The quantitative estimate of drug-likeness (QED) is 0.460. The molecule has 0 spiro atoms. The molecule has 0 radical (unpaired) electrons. The first-order valence-electron chi connectivity index (χ1n) is 5.54. The normalized spacial score (nSPS) is 10.5. The number of thiol groups is 1. The van der Waals surface area contributed by atoms with E-state index >= 15 is 0 Å². The van der Waals surface area contributed by atoms with Crippen molar-refractivity contribution in [2.24, 2.45) is 0 Å². The molecule has 4 heteroatoms. The van der Waals surface area contributed by atoms with Crippen LogP contribution in [0.5, 0.6) is 0 Å². The Morgan fingerprint density at radius 3 is 2.60 bits per heavy atom. The summed E-state index contributed by atoms with van der Waals surface area (Å²) in [6, 6.07) is 2.18. The maximum atomic E-state index is 8.53. The van der Waals surface area contributed by atoms with E-state index in [0.29, 0.717) is 6.42 Å². The van der Waals surface area contributed by atoms with Crippen molar-refractivity contribution in [3.63, 3.8) is 0 Å². The molecule has 88 valence electrons. The molecule has 0 heterocycles. The van der Waals surface area contributed by atoms with Gasteiger partial charge in [-0.15, -0.1) is 0 Å². The minimum Gasteiger partial charge on any atom is -0.383 e. The number of hydrogen-bond acceptors (Lipinski definition) is 4. The number of nitriles is 1. The lowest BCUT2D eigenvalue weighted by Gasteiger charge is -2.20. The van der Waals surface area contributed by atoms with Crippen LogP contribution in [-0.2, 0) is 4.74 Å². The van der Waals surface area contributed by atoms with Gasteiger partial charge in [-0.3, -0.25) is 0 Å². The molecular formula is C11H22N2OS. The SMILES string of the molecule is COCCN(CCC#N)CCCCCS. The second kappa shape index (κ2) is 11.8. The maximum Gasteiger partial charge on any atom is 0.0635 e. The van der Waals surface area contributed by atoms with Gasteiger partial charge in [-0.1, -0.05) is 6.42 Å². The van der Waals surface area contributed by atoms with Crippen molar-refractivity contribution < 1.29 is 4.74 Å². The highest BCUT2D eigenvalue weighted by atomic mass is 32.1. The summed E-state index contributed by atoms with van der Waals surface area (Å²) in [4.78, 5) is 2.30. The van der Waals surface area contributed by atoms with Crippen molar-refractivity contribution in [1.29, 1.82) is 5.26 Å². The first kappa shape index (κ1) is 14.8. The maximum absolute atomic E-state index is 8.53. The smallest absolute Gasteiger partial charge is 0.0635 e. The molecule has 0 amide bonds. The molecule has 0 unspecified atom stereocenters. The van der Waals surface area contributed by atoms with Crippen LogP contribution in [0.15, 0.2) is 0 Å². The first-order valence-corrected chi connectivity index (χ1v) is 6.17. The number of nitrogens with zero attached hydrogens (tertiary/aromatic N) is 2. The Morgan fingerprint density at radius 2 is 2.00 bits per heavy atom. The molecule has 0 bridgehead atoms. The van der Waals surface area contributed by atoms with Crippen LogP contribution in [0.2, 0.25) is 0 Å². The summed E-state index contributed by atoms with van der Waals surface area (Å²) < 4.78 is 5.04. The number of hydrogen-bond donors (Lipinski definition) is 1. The van der Waals surface area contributed by atoms with Gasteiger partial charge in [0.15, 0.2) is 0 Å². The van der Waals surface area contributed by atoms with Crippen LogP contribution in [0.25, 0.3) is 0 Å². The number of ether oxygens (including phenoxy) is 1. The summed E-state index contributed by atoms with van der Waals surface area (Å²) >= 11 is 4.18. The van der Waals surface area contributed by atoms with Crippen LogP contribution in [0.1, 0.15) is 25.7 Å². The van der Waals surface area contributed by atoms with Crippen molar-refractivity contribution in [1.82, 2.24) is 4.90 Å². The van der Waals surface area contributed by atoms with E-state index in [4.69, 9.17) is 10.00 Å². The monoisotopic (exact) mass is 230 g/mol. The molecule has 15 heavy (non-hydrogen) atoms. The summed E-state index contributed by atoms with van der Waals surface area (Å²) in [7, 11) is 1.71. The van der Waals surface area contributed by atoms with Gasteiger partial charge < -0.3 is 9.64 Å². The highest BCUT2D eigenvalue weighted by Crippen LogP contribution is 2.01. The fraction of sp³-hybridized carbons (Fsp3) is 0.909. The minimum absolute atomic E-state index is 0.607. The van der Waals surface area contributed by atoms with Crippen LogP contribution in [0, 0.1) is 11.3 Å². The molecule has 0 fully saturated rings. The topological polar surface area (TPSA) is 36.3 Å². The Morgan fingerprint density at radius 1 is 1.20 bits per heavy atom. The lowest BCUT2D eigenvalue weighted by molar-refractivity contribution is 0.147. The van der Waals surface area contributed by atoms with E-state index in [1.807, 2.05) is 0 Å². The van der Waals surface area contributed by atoms with Crippen molar-refractivity contribution in [3.05, 3.63) is 0 Å². The number of methoxy groups -OCH3 is 1. The van der Waals surface area contributed by atoms with E-state index in [-0.39, 0.29) is 0 Å². The van der Waals surface area contributed by atoms with E-state index in [9.17, 15) is 0 Å². The summed E-state index contributed by atoms with van der Waals surface area (Å²) in [5.41, 5.74) is 0. The number of rotatable bonds is 10. The van der Waals surface area contributed by atoms with Gasteiger partial charge in [0.1, 0.15) is 0 Å². The molecule has 0 atom stereocenters. The molecule has 0 aliphatic carbocycles. The van der Waals surface area contributed by atoms with Crippen LogP contribution in [0.4, 0.5) is 0 Å². The predicted octanol–water partition coefficient (Wildman–Crippen LogP) is 1.95. The lowest BCUT2D eigenvalue weighted by Crippen LogP contribution is -2.29. The van der Waals surface area contributed by atoms with E-state index < -0.39 is 0 Å². The Bertz CT molecular complexity index is 170. The standard InChI is InChI=1S/C11H22N2OS/c1-14-10-9-13(8-5-6-12)7-3-2-4-11-15/h15H,2-5,7-11H2,1H3. The Labute approximate surface area is 98.8 Å². The van der Waals surface area contributed by atoms with Crippen LogP contribution in [-0.4, -0.2) is 44.0 Å². The molecule has 3 nitrogen and oxygen atoms in total. The van der Waals surface area contributed by atoms with E-state index in [2.05, 4.69) is 23.6 Å². The second-order valence-electron chi connectivity index (χ2n) is 3.53. The Hall–Kier alpha value is -0.240. The lowest BCUT2D eigenvalue weighted by atomic mass is 10.2. The first-order chi connectivity index (χ1) is 7.35. The zero-order valence-corrected chi connectivity index (χ0v) is 10.5. The van der Waals surface area contributed by atoms with E-state index in [1.165, 1.54) is 19.3 Å². The minimum atomic E-state index is 0.607. The van der Waals surface area contributed by atoms with Gasteiger partial charge in [-0.2, -0.15) is 17.9 Å². The molecular weight excluding hydrogens is 208 g/mol. The summed E-state index contributed by atoms with van der Waals surface area (Å²) in [5, 5.41) is 8.53. The summed E-state index contributed by atoms with van der Waals surface area (Å²) in [6.45, 7) is 3.61. The fourth-order valence-electron chi connectivity index (χ4n) is 1.39. The van der Waals surface area contributed by atoms with Crippen molar-refractivity contribution in [3.8, 4) is 6.07 Å². The van der Waals surface area contributed by atoms with Crippen molar-refractivity contribution in [2.45, 2.75) is 25.7 Å². The van der Waals surface area contributed by atoms with Gasteiger partial charge in [-0.05, 0) is 25.1 Å². The largest absolute Gasteiger partial charge is 0.383 e. The third-order valence-corrected chi connectivity index (χ3v) is 2.60.